The molecule has 48 heavy (non-hydrogen) atoms. The van der Waals surface area contributed by atoms with Crippen LogP contribution in [0.4, 0.5) is 5.82 Å². The van der Waals surface area contributed by atoms with Gasteiger partial charge in [0.2, 0.25) is 0 Å². The third kappa shape index (κ3) is 9.93. The lowest BCUT2D eigenvalue weighted by Gasteiger charge is -2.31. The van der Waals surface area contributed by atoms with Gasteiger partial charge in [0.05, 0.1) is 51.6 Å². The van der Waals surface area contributed by atoms with Crippen LogP contribution >= 0.6 is 7.67 Å². The topological polar surface area (TPSA) is 249 Å². The van der Waals surface area contributed by atoms with Gasteiger partial charge in [-0.2, -0.15) is 0 Å². The first-order valence-electron chi connectivity index (χ1n) is 15.1. The molecule has 274 valence electrons. The van der Waals surface area contributed by atoms with E-state index in [-0.39, 0.29) is 19.2 Å². The number of hydrogen-bond donors (Lipinski definition) is 6. The van der Waals surface area contributed by atoms with Crippen molar-refractivity contribution in [2.45, 2.75) is 102 Å². The minimum Gasteiger partial charge on any atom is -0.468 e. The van der Waals surface area contributed by atoms with Crippen LogP contribution in [0.15, 0.2) is 11.3 Å². The number of methoxy groups -OCH3 is 3. The molecule has 7 atom stereocenters. The third-order valence-corrected chi connectivity index (χ3v) is 9.01. The number of aromatic nitrogens is 2. The Balaban J connectivity index is 1.92. The van der Waals surface area contributed by atoms with Gasteiger partial charge in [-0.1, -0.05) is 0 Å². The number of nitrogens with one attached hydrogen (secondary N) is 3. The van der Waals surface area contributed by atoms with Crippen molar-refractivity contribution in [1.82, 2.24) is 19.7 Å². The average Bonchev–Trinajstić information content (AvgIpc) is 3.51. The zero-order valence-electron chi connectivity index (χ0n) is 29.0. The lowest BCUT2D eigenvalue weighted by atomic mass is 9.96. The SMILES string of the molecule is COC(=O)C(COC(C)(C)C)NP(=O)(NC(COC(C)(C)C)C(=O)OC)OC[C@H]1O[C@@H](n2cnc3c2NC(N)=NC3OC)[C@@](C)(O)C1O. The smallest absolute Gasteiger partial charge is 0.342 e. The van der Waals surface area contributed by atoms with Crippen LogP contribution in [-0.2, 0) is 47.1 Å². The van der Waals surface area contributed by atoms with Crippen molar-refractivity contribution in [1.29, 1.82) is 0 Å². The lowest BCUT2D eigenvalue weighted by Crippen LogP contribution is -2.49. The highest BCUT2D eigenvalue weighted by atomic mass is 31.2. The molecule has 0 amide bonds. The number of guanidine groups is 1. The fraction of sp³-hybridized carbons (Fsp3) is 0.786. The molecule has 2 aliphatic heterocycles. The summed E-state index contributed by atoms with van der Waals surface area (Å²) in [6.07, 6.45) is -3.61. The van der Waals surface area contributed by atoms with Crippen molar-refractivity contribution in [2.24, 2.45) is 10.7 Å². The van der Waals surface area contributed by atoms with Crippen molar-refractivity contribution in [3.05, 3.63) is 12.0 Å². The standard InChI is InChI=1S/C28H50N7O12P/c1-26(2,3)44-11-15(22(37)42-9)33-48(40,34-16(23(38)43-10)12-45-27(4,5)6)46-13-17-19(36)28(7,39)24(47-17)35-14-30-18-20(35)31-25(29)32-21(18)41-8/h14-17,19,21,24,36,39H,11-13H2,1-10H3,(H3,29,31,32)(H2,33,34,40)/t15?,16?,17-,19?,21?,24-,28+,48?/m1/s1. The molecule has 0 aromatic carbocycles. The van der Waals surface area contributed by atoms with Crippen LogP contribution in [0.25, 0.3) is 0 Å². The molecule has 4 unspecified atom stereocenters. The molecule has 0 saturated carbocycles. The second kappa shape index (κ2) is 15.5. The Kier molecular flexibility index (Phi) is 12.8. The van der Waals surface area contributed by atoms with E-state index in [1.165, 1.54) is 24.9 Å². The molecule has 20 heteroatoms. The number of anilines is 1. The van der Waals surface area contributed by atoms with Crippen LogP contribution in [0.1, 0.15) is 66.6 Å². The summed E-state index contributed by atoms with van der Waals surface area (Å²) in [7, 11) is -0.771. The summed E-state index contributed by atoms with van der Waals surface area (Å²) in [6.45, 7) is 10.7. The molecule has 1 saturated heterocycles. The molecule has 0 spiro atoms. The summed E-state index contributed by atoms with van der Waals surface area (Å²) in [5.74, 6) is -1.33. The quantitative estimate of drug-likeness (QED) is 0.106. The highest BCUT2D eigenvalue weighted by Gasteiger charge is 2.54. The Bertz CT molecular complexity index is 1310. The van der Waals surface area contributed by atoms with Gasteiger partial charge in [-0.05, 0) is 48.5 Å². The summed E-state index contributed by atoms with van der Waals surface area (Å²) in [5.41, 5.74) is 2.95. The van der Waals surface area contributed by atoms with E-state index in [1.54, 1.807) is 41.5 Å². The number of aliphatic hydroxyl groups is 2. The molecule has 19 nitrogen and oxygen atoms in total. The Morgan fingerprint density at radius 2 is 1.60 bits per heavy atom. The minimum atomic E-state index is -4.48. The molecule has 3 rings (SSSR count). The van der Waals surface area contributed by atoms with Crippen LogP contribution in [0.2, 0.25) is 0 Å². The van der Waals surface area contributed by atoms with E-state index in [0.29, 0.717) is 11.5 Å². The summed E-state index contributed by atoms with van der Waals surface area (Å²) in [6, 6.07) is -2.69. The van der Waals surface area contributed by atoms with Crippen LogP contribution in [0.3, 0.4) is 0 Å². The Morgan fingerprint density at radius 3 is 2.06 bits per heavy atom. The van der Waals surface area contributed by atoms with Crippen LogP contribution in [0, 0.1) is 0 Å². The highest BCUT2D eigenvalue weighted by molar-refractivity contribution is 7.54. The number of fused-ring (bicyclic) bond motifs is 1. The predicted octanol–water partition coefficient (Wildman–Crippen LogP) is 0.295. The van der Waals surface area contributed by atoms with Crippen molar-refractivity contribution < 1.29 is 57.3 Å². The third-order valence-electron chi connectivity index (χ3n) is 7.20. The summed E-state index contributed by atoms with van der Waals surface area (Å²) in [4.78, 5) is 34.0. The number of imidazole rings is 1. The van der Waals surface area contributed by atoms with E-state index in [1.807, 2.05) is 0 Å². The maximum Gasteiger partial charge on any atom is 0.342 e. The van der Waals surface area contributed by atoms with E-state index in [9.17, 15) is 24.4 Å². The van der Waals surface area contributed by atoms with Crippen molar-refractivity contribution in [3.8, 4) is 0 Å². The number of esters is 2. The number of rotatable bonds is 15. The molecule has 3 heterocycles. The Labute approximate surface area is 279 Å². The molecule has 1 fully saturated rings. The van der Waals surface area contributed by atoms with Crippen molar-refractivity contribution in [3.63, 3.8) is 0 Å². The second-order valence-corrected chi connectivity index (χ2v) is 15.3. The first-order chi connectivity index (χ1) is 22.1. The molecule has 1 aromatic rings. The molecule has 0 radical (unpaired) electrons. The normalized spacial score (nSPS) is 26.9. The summed E-state index contributed by atoms with van der Waals surface area (Å²) in [5, 5.41) is 30.7. The van der Waals surface area contributed by atoms with Crippen LogP contribution < -0.4 is 21.2 Å². The van der Waals surface area contributed by atoms with Gasteiger partial charge in [0, 0.05) is 7.11 Å². The average molecular weight is 708 g/mol. The zero-order chi connectivity index (χ0) is 36.2. The number of nitrogens with two attached hydrogens (primary N) is 1. The number of aliphatic hydroxyl groups excluding tert-OH is 1. The summed E-state index contributed by atoms with van der Waals surface area (Å²) >= 11 is 0. The monoisotopic (exact) mass is 707 g/mol. The number of nitrogens with zero attached hydrogens (tertiary/aromatic N) is 3. The van der Waals surface area contributed by atoms with Gasteiger partial charge in [0.1, 0.15) is 41.4 Å². The predicted molar refractivity (Wildman–Crippen MR) is 171 cm³/mol. The molecule has 0 aliphatic carbocycles. The summed E-state index contributed by atoms with van der Waals surface area (Å²) < 4.78 is 54.4. The van der Waals surface area contributed by atoms with E-state index < -0.39 is 79.8 Å². The molecule has 0 bridgehead atoms. The second-order valence-electron chi connectivity index (χ2n) is 13.4. The Hall–Kier alpha value is -2.71. The van der Waals surface area contributed by atoms with E-state index in [4.69, 9.17) is 38.7 Å². The van der Waals surface area contributed by atoms with Gasteiger partial charge in [-0.15, -0.1) is 0 Å². The van der Waals surface area contributed by atoms with E-state index in [0.717, 1.165) is 14.2 Å². The molecular weight excluding hydrogens is 657 g/mol. The fourth-order valence-corrected chi connectivity index (χ4v) is 6.47. The number of ether oxygens (including phenoxy) is 6. The number of carbonyl (C=O) groups excluding carboxylic acids is 2. The molecule has 1 aromatic heterocycles. The molecular formula is C28H50N7O12P. The number of carbonyl (C=O) groups is 2. The molecule has 7 N–H and O–H groups in total. The van der Waals surface area contributed by atoms with Gasteiger partial charge < -0.3 is 54.2 Å². The van der Waals surface area contributed by atoms with Crippen molar-refractivity contribution in [2.75, 3.05) is 46.5 Å². The van der Waals surface area contributed by atoms with Gasteiger partial charge in [-0.25, -0.2) is 20.2 Å². The van der Waals surface area contributed by atoms with Crippen LogP contribution in [0.5, 0.6) is 0 Å². The maximum atomic E-state index is 14.5. The highest BCUT2D eigenvalue weighted by Crippen LogP contribution is 2.45. The van der Waals surface area contributed by atoms with Crippen molar-refractivity contribution >= 4 is 31.4 Å². The van der Waals surface area contributed by atoms with Gasteiger partial charge in [-0.3, -0.25) is 18.7 Å². The maximum absolute atomic E-state index is 14.5. The van der Waals surface area contributed by atoms with Gasteiger partial charge in [0.25, 0.3) is 0 Å². The lowest BCUT2D eigenvalue weighted by molar-refractivity contribution is -0.146. The first kappa shape index (κ1) is 39.7. The Morgan fingerprint density at radius 1 is 1.08 bits per heavy atom. The number of aliphatic imine (C=N–C) groups is 1. The number of hydrogen-bond acceptors (Lipinski definition) is 16. The van der Waals surface area contributed by atoms with E-state index in [2.05, 4.69) is 25.5 Å². The van der Waals surface area contributed by atoms with Crippen LogP contribution in [-0.4, -0.2) is 120 Å². The van der Waals surface area contributed by atoms with Gasteiger partial charge in [0.15, 0.2) is 18.4 Å². The molecule has 2 aliphatic rings. The first-order valence-corrected chi connectivity index (χ1v) is 16.8. The largest absolute Gasteiger partial charge is 0.468 e. The fourth-order valence-electron chi connectivity index (χ4n) is 4.71. The van der Waals surface area contributed by atoms with E-state index >= 15 is 0 Å². The zero-order valence-corrected chi connectivity index (χ0v) is 29.9. The van der Waals surface area contributed by atoms with Gasteiger partial charge >= 0.3 is 19.6 Å². The minimum absolute atomic E-state index is 0.0264.